The van der Waals surface area contributed by atoms with E-state index >= 15 is 0 Å². The number of thioether (sulfide) groups is 1. The highest BCUT2D eigenvalue weighted by Crippen LogP contribution is 2.33. The Morgan fingerprint density at radius 1 is 1.09 bits per heavy atom. The van der Waals surface area contributed by atoms with E-state index < -0.39 is 16.1 Å². The summed E-state index contributed by atoms with van der Waals surface area (Å²) in [7, 11) is 4.46. The van der Waals surface area contributed by atoms with Gasteiger partial charge in [-0.05, 0) is 31.2 Å². The molecule has 0 saturated carbocycles. The number of non-ortho nitro benzene ring substituents is 1. The van der Waals surface area contributed by atoms with E-state index in [1.54, 1.807) is 25.1 Å². The largest absolute Gasteiger partial charge is 0.495 e. The molecule has 1 atom stereocenters. The van der Waals surface area contributed by atoms with Crippen LogP contribution in [0, 0.1) is 10.1 Å². The van der Waals surface area contributed by atoms with Crippen molar-refractivity contribution < 1.29 is 23.9 Å². The summed E-state index contributed by atoms with van der Waals surface area (Å²) in [5.41, 5.74) is 0.657. The molecule has 0 bridgehead atoms. The van der Waals surface area contributed by atoms with E-state index in [0.717, 1.165) is 11.8 Å². The van der Waals surface area contributed by atoms with Gasteiger partial charge >= 0.3 is 0 Å². The van der Waals surface area contributed by atoms with Crippen molar-refractivity contribution in [1.82, 2.24) is 14.9 Å². The molecule has 13 heteroatoms. The Labute approximate surface area is 193 Å². The molecular weight excluding hydrogens is 452 g/mol. The Morgan fingerprint density at radius 2 is 1.76 bits per heavy atom. The molecule has 0 radical (unpaired) electrons. The van der Waals surface area contributed by atoms with Crippen LogP contribution < -0.4 is 25.4 Å². The number of nitrogens with zero attached hydrogens (tertiary/aromatic N) is 4. The van der Waals surface area contributed by atoms with Crippen LogP contribution in [0.4, 0.5) is 11.4 Å². The minimum atomic E-state index is -0.654. The topological polar surface area (TPSA) is 157 Å². The van der Waals surface area contributed by atoms with Gasteiger partial charge in [-0.1, -0.05) is 11.8 Å². The summed E-state index contributed by atoms with van der Waals surface area (Å²) < 4.78 is 17.0. The van der Waals surface area contributed by atoms with Gasteiger partial charge < -0.3 is 25.4 Å². The number of carbonyl (C=O) groups is 1. The van der Waals surface area contributed by atoms with Gasteiger partial charge in [0.25, 0.3) is 5.69 Å². The Hall–Kier alpha value is -4.00. The summed E-state index contributed by atoms with van der Waals surface area (Å²) >= 11 is 1.08. The average molecular weight is 474 g/mol. The van der Waals surface area contributed by atoms with Gasteiger partial charge in [0.15, 0.2) is 17.3 Å². The number of nitrogens with two attached hydrogens (primary N) is 1. The molecule has 1 aromatic heterocycles. The zero-order valence-corrected chi connectivity index (χ0v) is 19.1. The number of rotatable bonds is 9. The van der Waals surface area contributed by atoms with Crippen LogP contribution in [0.1, 0.15) is 6.92 Å². The summed E-state index contributed by atoms with van der Waals surface area (Å²) in [4.78, 5) is 23.2. The lowest BCUT2D eigenvalue weighted by molar-refractivity contribution is -0.384. The number of ether oxygens (including phenoxy) is 3. The lowest BCUT2D eigenvalue weighted by Crippen LogP contribution is -2.24. The van der Waals surface area contributed by atoms with Crippen molar-refractivity contribution in [3.63, 3.8) is 0 Å². The van der Waals surface area contributed by atoms with Crippen molar-refractivity contribution in [3.05, 3.63) is 46.5 Å². The molecule has 3 aromatic rings. The number of amides is 1. The van der Waals surface area contributed by atoms with Crippen molar-refractivity contribution >= 4 is 29.0 Å². The van der Waals surface area contributed by atoms with Crippen molar-refractivity contribution in [2.24, 2.45) is 0 Å². The molecule has 0 aliphatic rings. The third kappa shape index (κ3) is 5.09. The van der Waals surface area contributed by atoms with Crippen LogP contribution in [0.15, 0.2) is 41.6 Å². The highest BCUT2D eigenvalue weighted by atomic mass is 32.2. The standard InChI is InChI=1S/C20H22N6O6S/c1-11(19(27)22-14-10-13(26(28)29)6-8-15(14)30-2)33-20-24-23-18(25(20)21)12-5-7-16(31-3)17(9-12)32-4/h5-11H,21H2,1-4H3,(H,22,27)/t11-/m0/s1. The minimum Gasteiger partial charge on any atom is -0.495 e. The second kappa shape index (κ2) is 10.1. The van der Waals surface area contributed by atoms with Gasteiger partial charge in [-0.15, -0.1) is 10.2 Å². The van der Waals surface area contributed by atoms with Crippen LogP contribution in [0.2, 0.25) is 0 Å². The first-order chi connectivity index (χ1) is 15.8. The number of hydrogen-bond donors (Lipinski definition) is 2. The Balaban J connectivity index is 1.77. The van der Waals surface area contributed by atoms with E-state index in [1.165, 1.54) is 44.2 Å². The van der Waals surface area contributed by atoms with Crippen molar-refractivity contribution in [2.75, 3.05) is 32.5 Å². The van der Waals surface area contributed by atoms with Crippen molar-refractivity contribution in [2.45, 2.75) is 17.3 Å². The van der Waals surface area contributed by atoms with Crippen molar-refractivity contribution in [1.29, 1.82) is 0 Å². The van der Waals surface area contributed by atoms with Gasteiger partial charge in [-0.2, -0.15) is 0 Å². The highest BCUT2D eigenvalue weighted by molar-refractivity contribution is 8.00. The van der Waals surface area contributed by atoms with E-state index in [2.05, 4.69) is 15.5 Å². The van der Waals surface area contributed by atoms with Crippen LogP contribution in [0.25, 0.3) is 11.4 Å². The Bertz CT molecular complexity index is 1180. The van der Waals surface area contributed by atoms with Gasteiger partial charge in [-0.3, -0.25) is 14.9 Å². The first kappa shape index (κ1) is 23.7. The predicted molar refractivity (Wildman–Crippen MR) is 122 cm³/mol. The first-order valence-electron chi connectivity index (χ1n) is 9.51. The summed E-state index contributed by atoms with van der Waals surface area (Å²) in [6.07, 6.45) is 0. The quantitative estimate of drug-likeness (QED) is 0.204. The number of aromatic nitrogens is 3. The summed E-state index contributed by atoms with van der Waals surface area (Å²) in [6, 6.07) is 9.13. The fourth-order valence-corrected chi connectivity index (χ4v) is 3.65. The van der Waals surface area contributed by atoms with Crippen LogP contribution in [0.5, 0.6) is 17.2 Å². The van der Waals surface area contributed by atoms with E-state index in [1.807, 2.05) is 0 Å². The van der Waals surface area contributed by atoms with Gasteiger partial charge in [0.05, 0.1) is 37.2 Å². The fraction of sp³-hybridized carbons (Fsp3) is 0.250. The third-order valence-electron chi connectivity index (χ3n) is 4.61. The molecule has 1 amide bonds. The zero-order chi connectivity index (χ0) is 24.1. The first-order valence-corrected chi connectivity index (χ1v) is 10.4. The maximum atomic E-state index is 12.7. The van der Waals surface area contributed by atoms with Gasteiger partial charge in [0.1, 0.15) is 5.75 Å². The lowest BCUT2D eigenvalue weighted by Gasteiger charge is -2.14. The number of nitrogens with one attached hydrogen (secondary N) is 1. The summed E-state index contributed by atoms with van der Waals surface area (Å²) in [5.74, 6) is 7.47. The Kier molecular flexibility index (Phi) is 7.23. The zero-order valence-electron chi connectivity index (χ0n) is 18.3. The normalized spacial score (nSPS) is 11.5. The van der Waals surface area contributed by atoms with Crippen LogP contribution in [-0.2, 0) is 4.79 Å². The average Bonchev–Trinajstić information content (AvgIpc) is 3.18. The van der Waals surface area contributed by atoms with E-state index in [9.17, 15) is 14.9 Å². The molecule has 3 rings (SSSR count). The maximum absolute atomic E-state index is 12.7. The van der Waals surface area contributed by atoms with Gasteiger partial charge in [0, 0.05) is 17.7 Å². The molecule has 3 N–H and O–H groups in total. The van der Waals surface area contributed by atoms with Crippen LogP contribution in [-0.4, -0.2) is 52.3 Å². The number of carbonyl (C=O) groups excluding carboxylic acids is 1. The summed E-state index contributed by atoms with van der Waals surface area (Å²) in [6.45, 7) is 1.65. The molecule has 0 aliphatic carbocycles. The smallest absolute Gasteiger partial charge is 0.271 e. The van der Waals surface area contributed by atoms with Gasteiger partial charge in [0.2, 0.25) is 11.1 Å². The SMILES string of the molecule is COc1ccc([N+](=O)[O-])cc1NC(=O)[C@H](C)Sc1nnc(-c2ccc(OC)c(OC)c2)n1N. The molecule has 12 nitrogen and oxygen atoms in total. The summed E-state index contributed by atoms with van der Waals surface area (Å²) in [5, 5.41) is 21.5. The number of nitro groups is 1. The minimum absolute atomic E-state index is 0.173. The fourth-order valence-electron chi connectivity index (χ4n) is 2.88. The molecule has 2 aromatic carbocycles. The van der Waals surface area contributed by atoms with E-state index in [4.69, 9.17) is 20.1 Å². The predicted octanol–water partition coefficient (Wildman–Crippen LogP) is 2.71. The number of anilines is 1. The van der Waals surface area contributed by atoms with Gasteiger partial charge in [-0.25, -0.2) is 4.68 Å². The highest BCUT2D eigenvalue weighted by Gasteiger charge is 2.22. The number of methoxy groups -OCH3 is 3. The molecule has 0 spiro atoms. The van der Waals surface area contributed by atoms with Crippen LogP contribution in [0.3, 0.4) is 0 Å². The molecule has 33 heavy (non-hydrogen) atoms. The Morgan fingerprint density at radius 3 is 2.39 bits per heavy atom. The number of nitro benzene ring substituents is 1. The second-order valence-electron chi connectivity index (χ2n) is 6.64. The molecule has 0 unspecified atom stereocenters. The molecular formula is C20H22N6O6S. The molecule has 0 aliphatic heterocycles. The lowest BCUT2D eigenvalue weighted by atomic mass is 10.2. The van der Waals surface area contributed by atoms with Crippen molar-refractivity contribution in [3.8, 4) is 28.6 Å². The molecule has 0 saturated heterocycles. The van der Waals surface area contributed by atoms with E-state index in [0.29, 0.717) is 33.8 Å². The maximum Gasteiger partial charge on any atom is 0.271 e. The molecule has 1 heterocycles. The molecule has 174 valence electrons. The number of benzene rings is 2. The van der Waals surface area contributed by atoms with Crippen LogP contribution >= 0.6 is 11.8 Å². The number of hydrogen-bond acceptors (Lipinski definition) is 10. The number of nitrogen functional groups attached to an aromatic ring is 1. The van der Waals surface area contributed by atoms with E-state index in [-0.39, 0.29) is 11.4 Å². The monoisotopic (exact) mass is 474 g/mol. The second-order valence-corrected chi connectivity index (χ2v) is 7.94. The molecule has 0 fully saturated rings. The third-order valence-corrected chi connectivity index (χ3v) is 5.67.